The molecule has 2 aromatic rings. The van der Waals surface area contributed by atoms with Gasteiger partial charge in [-0.05, 0) is 32.2 Å². The Morgan fingerprint density at radius 3 is 2.64 bits per heavy atom. The van der Waals surface area contributed by atoms with Crippen LogP contribution in [0.25, 0.3) is 4.96 Å². The van der Waals surface area contributed by atoms with Gasteiger partial charge in [0.1, 0.15) is 0 Å². The number of hydrogen-bond acceptors (Lipinski definition) is 4. The van der Waals surface area contributed by atoms with Crippen molar-refractivity contribution in [1.29, 1.82) is 0 Å². The molecule has 2 aliphatic rings. The number of hydrogen-bond donors (Lipinski definition) is 0. The molecule has 3 heterocycles. The lowest BCUT2D eigenvalue weighted by molar-refractivity contribution is 0.0734. The summed E-state index contributed by atoms with van der Waals surface area (Å²) in [5.41, 5.74) is 1.77. The van der Waals surface area contributed by atoms with E-state index in [1.807, 2.05) is 4.90 Å². The minimum atomic E-state index is 0.139. The van der Waals surface area contributed by atoms with Crippen molar-refractivity contribution in [2.75, 3.05) is 19.6 Å². The topological polar surface area (TPSA) is 40.9 Å². The predicted octanol–water partition coefficient (Wildman–Crippen LogP) is 3.79. The fraction of sp³-hybridized carbons (Fsp3) is 0.684. The molecule has 2 fully saturated rings. The van der Waals surface area contributed by atoms with Crippen LogP contribution in [0.3, 0.4) is 0 Å². The lowest BCUT2D eigenvalue weighted by Gasteiger charge is -2.25. The van der Waals surface area contributed by atoms with E-state index in [0.717, 1.165) is 49.7 Å². The Bertz CT molecular complexity index is 725. The minimum Gasteiger partial charge on any atom is -0.337 e. The Kier molecular flexibility index (Phi) is 5.08. The van der Waals surface area contributed by atoms with Crippen molar-refractivity contribution in [3.63, 3.8) is 0 Å². The highest BCUT2D eigenvalue weighted by molar-refractivity contribution is 7.15. The van der Waals surface area contributed by atoms with E-state index in [0.29, 0.717) is 11.7 Å². The third-order valence-corrected chi connectivity index (χ3v) is 6.29. The summed E-state index contributed by atoms with van der Waals surface area (Å²) in [6, 6.07) is 0.693. The average molecular weight is 361 g/mol. The van der Waals surface area contributed by atoms with Crippen LogP contribution in [-0.2, 0) is 6.54 Å². The molecule has 1 saturated heterocycles. The normalized spacial score (nSPS) is 19.4. The summed E-state index contributed by atoms with van der Waals surface area (Å²) < 4.78 is 2.13. The lowest BCUT2D eigenvalue weighted by Crippen LogP contribution is -2.35. The number of imidazole rings is 1. The average Bonchev–Trinajstić information content (AvgIpc) is 3.22. The number of aromatic nitrogens is 2. The van der Waals surface area contributed by atoms with Crippen LogP contribution in [0.4, 0.5) is 0 Å². The molecular formula is C19H28N4OS. The first kappa shape index (κ1) is 17.0. The summed E-state index contributed by atoms with van der Waals surface area (Å²) >= 11 is 1.62. The van der Waals surface area contributed by atoms with Crippen LogP contribution in [-0.4, -0.2) is 50.8 Å². The van der Waals surface area contributed by atoms with E-state index in [4.69, 9.17) is 4.98 Å². The first-order valence-electron chi connectivity index (χ1n) is 9.75. The molecule has 5 nitrogen and oxygen atoms in total. The number of likely N-dealkylation sites (tertiary alicyclic amines) is 1. The zero-order valence-corrected chi connectivity index (χ0v) is 15.9. The Balaban J connectivity index is 1.62. The molecule has 1 saturated carbocycles. The van der Waals surface area contributed by atoms with Gasteiger partial charge in [0.25, 0.3) is 5.91 Å². The summed E-state index contributed by atoms with van der Waals surface area (Å²) in [6.45, 7) is 5.82. The van der Waals surface area contributed by atoms with Gasteiger partial charge in [-0.15, -0.1) is 11.3 Å². The van der Waals surface area contributed by atoms with E-state index in [9.17, 15) is 4.79 Å². The van der Waals surface area contributed by atoms with Gasteiger partial charge in [-0.3, -0.25) is 14.1 Å². The van der Waals surface area contributed by atoms with E-state index in [2.05, 4.69) is 27.8 Å². The molecule has 0 N–H and O–H groups in total. The summed E-state index contributed by atoms with van der Waals surface area (Å²) in [5.74, 6) is 0.139. The van der Waals surface area contributed by atoms with Crippen LogP contribution in [0.5, 0.6) is 0 Å². The molecule has 1 amide bonds. The second-order valence-electron chi connectivity index (χ2n) is 7.32. The van der Waals surface area contributed by atoms with Crippen LogP contribution in [0.1, 0.15) is 68.1 Å². The van der Waals surface area contributed by atoms with Crippen molar-refractivity contribution >= 4 is 22.2 Å². The maximum atomic E-state index is 13.2. The fourth-order valence-corrected chi connectivity index (χ4v) is 4.62. The van der Waals surface area contributed by atoms with Crippen molar-refractivity contribution in [2.24, 2.45) is 0 Å². The Labute approximate surface area is 153 Å². The van der Waals surface area contributed by atoms with Gasteiger partial charge in [-0.1, -0.05) is 26.2 Å². The molecule has 0 atom stereocenters. The van der Waals surface area contributed by atoms with Crippen LogP contribution in [0.2, 0.25) is 0 Å². The van der Waals surface area contributed by atoms with Gasteiger partial charge >= 0.3 is 0 Å². The maximum absolute atomic E-state index is 13.2. The monoisotopic (exact) mass is 360 g/mol. The number of thiazole rings is 1. The molecule has 4 rings (SSSR count). The first-order valence-corrected chi connectivity index (χ1v) is 10.6. The number of fused-ring (bicyclic) bond motifs is 1. The van der Waals surface area contributed by atoms with Crippen LogP contribution < -0.4 is 0 Å². The Morgan fingerprint density at radius 1 is 1.24 bits per heavy atom. The molecule has 0 unspecified atom stereocenters. The summed E-state index contributed by atoms with van der Waals surface area (Å²) in [6.07, 6.45) is 10.6. The highest BCUT2D eigenvalue weighted by Gasteiger charge is 2.31. The zero-order valence-electron chi connectivity index (χ0n) is 15.1. The third-order valence-electron chi connectivity index (χ3n) is 5.53. The van der Waals surface area contributed by atoms with Gasteiger partial charge in [-0.25, -0.2) is 4.98 Å². The zero-order chi connectivity index (χ0) is 17.2. The smallest absolute Gasteiger partial charge is 0.274 e. The fourth-order valence-electron chi connectivity index (χ4n) is 3.89. The largest absolute Gasteiger partial charge is 0.337 e. The van der Waals surface area contributed by atoms with Crippen LogP contribution >= 0.6 is 11.3 Å². The van der Waals surface area contributed by atoms with Gasteiger partial charge in [-0.2, -0.15) is 0 Å². The van der Waals surface area contributed by atoms with Crippen molar-refractivity contribution in [2.45, 2.75) is 64.5 Å². The summed E-state index contributed by atoms with van der Waals surface area (Å²) in [7, 11) is 0. The van der Waals surface area contributed by atoms with Crippen molar-refractivity contribution in [3.05, 3.63) is 23.0 Å². The van der Waals surface area contributed by atoms with E-state index in [1.54, 1.807) is 11.3 Å². The standard InChI is InChI=1S/C19H28N4OS/c1-2-21(15-8-9-15)14-16-17(20-19-23(16)12-13-25-19)18(24)22-10-6-4-3-5-7-11-22/h12-13,15H,2-11,14H2,1H3. The predicted molar refractivity (Wildman–Crippen MR) is 101 cm³/mol. The quantitative estimate of drug-likeness (QED) is 0.815. The molecule has 1 aliphatic heterocycles. The molecule has 1 aliphatic carbocycles. The van der Waals surface area contributed by atoms with E-state index >= 15 is 0 Å². The number of rotatable bonds is 5. The van der Waals surface area contributed by atoms with E-state index in [-0.39, 0.29) is 5.91 Å². The molecule has 0 spiro atoms. The van der Waals surface area contributed by atoms with Gasteiger partial charge in [0.15, 0.2) is 10.7 Å². The SMILES string of the molecule is CCN(Cc1c(C(=O)N2CCCCCCC2)nc2sccn12)C1CC1. The van der Waals surface area contributed by atoms with Crippen molar-refractivity contribution in [1.82, 2.24) is 19.2 Å². The second-order valence-corrected chi connectivity index (χ2v) is 8.19. The Morgan fingerprint density at radius 2 is 1.96 bits per heavy atom. The van der Waals surface area contributed by atoms with Gasteiger partial charge in [0.05, 0.1) is 5.69 Å². The lowest BCUT2D eigenvalue weighted by atomic mass is 10.1. The number of carbonyl (C=O) groups excluding carboxylic acids is 1. The molecule has 2 aromatic heterocycles. The highest BCUT2D eigenvalue weighted by Crippen LogP contribution is 2.29. The van der Waals surface area contributed by atoms with Gasteiger partial charge < -0.3 is 4.90 Å². The molecular weight excluding hydrogens is 332 g/mol. The number of carbonyl (C=O) groups is 1. The van der Waals surface area contributed by atoms with Crippen LogP contribution in [0.15, 0.2) is 11.6 Å². The van der Waals surface area contributed by atoms with E-state index < -0.39 is 0 Å². The molecule has 0 radical (unpaired) electrons. The molecule has 6 heteroatoms. The first-order chi connectivity index (χ1) is 12.3. The molecule has 0 bridgehead atoms. The third kappa shape index (κ3) is 3.60. The van der Waals surface area contributed by atoms with Crippen LogP contribution in [0, 0.1) is 0 Å². The second kappa shape index (κ2) is 7.46. The van der Waals surface area contributed by atoms with Crippen molar-refractivity contribution in [3.8, 4) is 0 Å². The number of nitrogens with zero attached hydrogens (tertiary/aromatic N) is 4. The molecule has 136 valence electrons. The maximum Gasteiger partial charge on any atom is 0.274 e. The highest BCUT2D eigenvalue weighted by atomic mass is 32.1. The van der Waals surface area contributed by atoms with E-state index in [1.165, 1.54) is 32.1 Å². The summed E-state index contributed by atoms with van der Waals surface area (Å²) in [4.78, 5) is 23.5. The van der Waals surface area contributed by atoms with Gasteiger partial charge in [0, 0.05) is 37.3 Å². The van der Waals surface area contributed by atoms with Gasteiger partial charge in [0.2, 0.25) is 0 Å². The minimum absolute atomic E-state index is 0.139. The van der Waals surface area contributed by atoms with Crippen molar-refractivity contribution < 1.29 is 4.79 Å². The molecule has 0 aromatic carbocycles. The summed E-state index contributed by atoms with van der Waals surface area (Å²) in [5, 5.41) is 2.06. The number of amides is 1. The molecule has 25 heavy (non-hydrogen) atoms. The Hall–Kier alpha value is -1.40.